The third kappa shape index (κ3) is 2.65. The van der Waals surface area contributed by atoms with Crippen LogP contribution >= 0.6 is 11.3 Å². The number of nitrogens with one attached hydrogen (secondary N) is 1. The Morgan fingerprint density at radius 2 is 2.05 bits per heavy atom. The number of aliphatic hydroxyl groups excluding tert-OH is 1. The summed E-state index contributed by atoms with van der Waals surface area (Å²) < 4.78 is 32.3. The fourth-order valence-electron chi connectivity index (χ4n) is 1.81. The maximum absolute atomic E-state index is 12.3. The van der Waals surface area contributed by atoms with Gasteiger partial charge in [0, 0.05) is 16.6 Å². The molecule has 0 unspecified atom stereocenters. The lowest BCUT2D eigenvalue weighted by molar-refractivity contribution is 0.276. The summed E-state index contributed by atoms with van der Waals surface area (Å²) in [4.78, 5) is 4.84. The third-order valence-corrected chi connectivity index (χ3v) is 5.09. The van der Waals surface area contributed by atoms with E-state index in [4.69, 9.17) is 4.42 Å². The van der Waals surface area contributed by atoms with Crippen molar-refractivity contribution in [1.29, 1.82) is 0 Å². The molecule has 0 aliphatic heterocycles. The van der Waals surface area contributed by atoms with E-state index in [2.05, 4.69) is 9.71 Å². The fraction of sp³-hybridized carbons (Fsp3) is 0.364. The number of thiazole rings is 1. The molecule has 0 bridgehead atoms. The second kappa shape index (κ2) is 4.95. The molecule has 0 atom stereocenters. The Morgan fingerprint density at radius 1 is 1.37 bits per heavy atom. The third-order valence-electron chi connectivity index (χ3n) is 2.59. The highest BCUT2D eigenvalue weighted by molar-refractivity contribution is 7.93. The number of anilines is 1. The number of aromatic nitrogens is 1. The quantitative estimate of drug-likeness (QED) is 0.900. The number of aliphatic hydroxyl groups is 1. The van der Waals surface area contributed by atoms with Gasteiger partial charge in [0.15, 0.2) is 5.13 Å². The summed E-state index contributed by atoms with van der Waals surface area (Å²) in [6, 6.07) is 0. The lowest BCUT2D eigenvalue weighted by atomic mass is 10.2. The van der Waals surface area contributed by atoms with Gasteiger partial charge in [-0.2, -0.15) is 0 Å². The molecule has 0 saturated carbocycles. The molecule has 2 N–H and O–H groups in total. The maximum atomic E-state index is 12.3. The van der Waals surface area contributed by atoms with Gasteiger partial charge in [-0.1, -0.05) is 0 Å². The summed E-state index contributed by atoms with van der Waals surface area (Å²) in [5.74, 6) is 0.651. The van der Waals surface area contributed by atoms with Crippen LogP contribution in [0.2, 0.25) is 0 Å². The van der Waals surface area contributed by atoms with E-state index in [9.17, 15) is 13.5 Å². The van der Waals surface area contributed by atoms with E-state index >= 15 is 0 Å². The Bertz CT molecular complexity index is 700. The summed E-state index contributed by atoms with van der Waals surface area (Å²) in [7, 11) is -3.81. The minimum atomic E-state index is -3.81. The van der Waals surface area contributed by atoms with Crippen LogP contribution in [-0.2, 0) is 16.6 Å². The van der Waals surface area contributed by atoms with Crippen LogP contribution in [-0.4, -0.2) is 18.5 Å². The first-order chi connectivity index (χ1) is 8.85. The summed E-state index contributed by atoms with van der Waals surface area (Å²) in [5, 5.41) is 9.57. The molecule has 2 heterocycles. The maximum Gasteiger partial charge on any atom is 0.267 e. The average Bonchev–Trinajstić information content (AvgIpc) is 2.81. The lowest BCUT2D eigenvalue weighted by Gasteiger charge is -2.05. The molecule has 2 aromatic heterocycles. The van der Waals surface area contributed by atoms with Gasteiger partial charge in [0.25, 0.3) is 10.0 Å². The topological polar surface area (TPSA) is 92.4 Å². The Hall–Kier alpha value is -1.38. The number of sulfonamides is 1. The van der Waals surface area contributed by atoms with Crippen LogP contribution in [0.1, 0.15) is 22.0 Å². The van der Waals surface area contributed by atoms with Crippen molar-refractivity contribution in [3.05, 3.63) is 28.2 Å². The normalized spacial score (nSPS) is 11.8. The molecule has 0 radical (unpaired) electrons. The van der Waals surface area contributed by atoms with Gasteiger partial charge in [0.2, 0.25) is 0 Å². The minimum absolute atomic E-state index is 0.0136. The van der Waals surface area contributed by atoms with Crippen LogP contribution in [0.5, 0.6) is 0 Å². The van der Waals surface area contributed by atoms with E-state index in [1.54, 1.807) is 20.0 Å². The van der Waals surface area contributed by atoms with E-state index in [1.807, 2.05) is 6.92 Å². The van der Waals surface area contributed by atoms with E-state index in [0.717, 1.165) is 4.88 Å². The van der Waals surface area contributed by atoms with E-state index in [-0.39, 0.29) is 16.2 Å². The van der Waals surface area contributed by atoms with Crippen LogP contribution in [0.25, 0.3) is 0 Å². The largest absolute Gasteiger partial charge is 0.465 e. The molecule has 0 aliphatic rings. The van der Waals surface area contributed by atoms with Gasteiger partial charge in [-0.15, -0.1) is 11.3 Å². The second-order valence-corrected chi connectivity index (χ2v) is 6.92. The van der Waals surface area contributed by atoms with Crippen molar-refractivity contribution in [1.82, 2.24) is 4.98 Å². The van der Waals surface area contributed by atoms with Gasteiger partial charge in [-0.3, -0.25) is 4.72 Å². The zero-order valence-corrected chi connectivity index (χ0v) is 12.4. The molecule has 0 spiro atoms. The monoisotopic (exact) mass is 302 g/mol. The molecule has 0 saturated heterocycles. The van der Waals surface area contributed by atoms with Gasteiger partial charge >= 0.3 is 0 Å². The van der Waals surface area contributed by atoms with Crippen molar-refractivity contribution in [3.63, 3.8) is 0 Å². The summed E-state index contributed by atoms with van der Waals surface area (Å²) in [6.07, 6.45) is 1.59. The molecule has 0 aliphatic carbocycles. The van der Waals surface area contributed by atoms with E-state index in [0.29, 0.717) is 10.9 Å². The zero-order chi connectivity index (χ0) is 14.2. The van der Waals surface area contributed by atoms with Gasteiger partial charge in [0.1, 0.15) is 16.4 Å². The number of furan rings is 1. The first-order valence-corrected chi connectivity index (χ1v) is 7.80. The smallest absolute Gasteiger partial charge is 0.267 e. The average molecular weight is 302 g/mol. The molecular formula is C11H14N2O4S2. The molecule has 2 aromatic rings. The van der Waals surface area contributed by atoms with Gasteiger partial charge < -0.3 is 9.52 Å². The van der Waals surface area contributed by atoms with Gasteiger partial charge in [-0.05, 0) is 20.8 Å². The Morgan fingerprint density at radius 3 is 2.58 bits per heavy atom. The van der Waals surface area contributed by atoms with E-state index in [1.165, 1.54) is 11.3 Å². The van der Waals surface area contributed by atoms with Crippen molar-refractivity contribution in [2.24, 2.45) is 0 Å². The molecular weight excluding hydrogens is 288 g/mol. The minimum Gasteiger partial charge on any atom is -0.465 e. The summed E-state index contributed by atoms with van der Waals surface area (Å²) in [5.41, 5.74) is 0.276. The predicted octanol–water partition coefficient (Wildman–Crippen LogP) is 1.95. The first-order valence-electron chi connectivity index (χ1n) is 5.50. The van der Waals surface area contributed by atoms with Gasteiger partial charge in [-0.25, -0.2) is 13.4 Å². The zero-order valence-electron chi connectivity index (χ0n) is 10.7. The Labute approximate surface area is 115 Å². The molecule has 0 fully saturated rings. The molecule has 2 rings (SSSR count). The number of rotatable bonds is 4. The highest BCUT2D eigenvalue weighted by Gasteiger charge is 2.27. The number of hydrogen-bond donors (Lipinski definition) is 2. The number of nitrogens with zero attached hydrogens (tertiary/aromatic N) is 1. The Kier molecular flexibility index (Phi) is 3.66. The summed E-state index contributed by atoms with van der Waals surface area (Å²) in [6.45, 7) is 4.61. The number of hydrogen-bond acceptors (Lipinski definition) is 6. The molecule has 8 heteroatoms. The van der Waals surface area contributed by atoms with Crippen LogP contribution in [0, 0.1) is 20.8 Å². The number of aryl methyl sites for hydroxylation is 3. The molecule has 104 valence electrons. The SMILES string of the molecule is Cc1cnc(NS(=O)(=O)c2c(C)oc(C)c2CO)s1. The molecule has 6 nitrogen and oxygen atoms in total. The van der Waals surface area contributed by atoms with Crippen molar-refractivity contribution < 1.29 is 17.9 Å². The predicted molar refractivity (Wildman–Crippen MR) is 71.8 cm³/mol. The molecule has 0 aromatic carbocycles. The lowest BCUT2D eigenvalue weighted by Crippen LogP contribution is -2.15. The standard InChI is InChI=1S/C11H14N2O4S2/c1-6-4-12-11(18-6)13-19(15,16)10-8(3)17-7(2)9(10)5-14/h4,14H,5H2,1-3H3,(H,12,13). The van der Waals surface area contributed by atoms with Crippen LogP contribution < -0.4 is 4.72 Å². The van der Waals surface area contributed by atoms with Crippen molar-refractivity contribution >= 4 is 26.5 Å². The summed E-state index contributed by atoms with van der Waals surface area (Å²) >= 11 is 1.24. The van der Waals surface area contributed by atoms with Gasteiger partial charge in [0.05, 0.1) is 6.61 Å². The molecule has 0 amide bonds. The van der Waals surface area contributed by atoms with Crippen molar-refractivity contribution in [2.45, 2.75) is 32.3 Å². The first kappa shape index (κ1) is 14.0. The Balaban J connectivity index is 2.45. The second-order valence-electron chi connectivity index (χ2n) is 4.06. The molecule has 19 heavy (non-hydrogen) atoms. The van der Waals surface area contributed by atoms with Crippen molar-refractivity contribution in [2.75, 3.05) is 4.72 Å². The van der Waals surface area contributed by atoms with Crippen LogP contribution in [0.3, 0.4) is 0 Å². The van der Waals surface area contributed by atoms with E-state index < -0.39 is 16.6 Å². The van der Waals surface area contributed by atoms with Crippen LogP contribution in [0.15, 0.2) is 15.5 Å². The van der Waals surface area contributed by atoms with Crippen LogP contribution in [0.4, 0.5) is 5.13 Å². The van der Waals surface area contributed by atoms with Crippen molar-refractivity contribution in [3.8, 4) is 0 Å². The highest BCUT2D eigenvalue weighted by atomic mass is 32.2. The highest BCUT2D eigenvalue weighted by Crippen LogP contribution is 2.29. The fourth-order valence-corrected chi connectivity index (χ4v) is 4.16.